The molecule has 0 aliphatic carbocycles. The Bertz CT molecular complexity index is 447. The Balaban J connectivity index is 1.35. The normalized spacial score (nSPS) is 21.2. The van der Waals surface area contributed by atoms with Crippen LogP contribution in [0.5, 0.6) is 0 Å². The lowest BCUT2D eigenvalue weighted by molar-refractivity contribution is -0.133. The fourth-order valence-corrected chi connectivity index (χ4v) is 3.28. The lowest BCUT2D eigenvalue weighted by atomic mass is 10.1. The average Bonchev–Trinajstić information content (AvgIpc) is 3.08. The minimum atomic E-state index is 0.326. The van der Waals surface area contributed by atoms with Gasteiger partial charge in [0.25, 0.3) is 0 Å². The summed E-state index contributed by atoms with van der Waals surface area (Å²) >= 11 is 0. The van der Waals surface area contributed by atoms with Crippen molar-refractivity contribution in [2.24, 2.45) is 0 Å². The molecule has 3 heterocycles. The monoisotopic (exact) mass is 305 g/mol. The molecule has 0 radical (unpaired) electrons. The number of carbonyl (C=O) groups is 1. The van der Waals surface area contributed by atoms with Crippen LogP contribution in [-0.4, -0.2) is 82.5 Å². The number of likely N-dealkylation sites (tertiary alicyclic amines) is 1. The van der Waals surface area contributed by atoms with Crippen molar-refractivity contribution in [2.75, 3.05) is 52.4 Å². The molecule has 1 aromatic heterocycles. The van der Waals surface area contributed by atoms with Crippen LogP contribution >= 0.6 is 0 Å². The summed E-state index contributed by atoms with van der Waals surface area (Å²) in [5.41, 5.74) is 0. The Morgan fingerprint density at radius 3 is 2.32 bits per heavy atom. The number of hydrogen-bond acceptors (Lipinski definition) is 4. The summed E-state index contributed by atoms with van der Waals surface area (Å²) in [6.45, 7) is 8.71. The molecule has 2 saturated heterocycles. The van der Waals surface area contributed by atoms with Crippen LogP contribution in [0.4, 0.5) is 0 Å². The second-order valence-electron chi connectivity index (χ2n) is 6.36. The van der Waals surface area contributed by atoms with E-state index in [2.05, 4.69) is 24.3 Å². The number of nitrogens with zero attached hydrogens (tertiary/aromatic N) is 5. The predicted octanol–water partition coefficient (Wildman–Crippen LogP) is 0.513. The summed E-state index contributed by atoms with van der Waals surface area (Å²) < 4.78 is 2.12. The molecule has 0 bridgehead atoms. The molecule has 122 valence electrons. The van der Waals surface area contributed by atoms with E-state index >= 15 is 0 Å². The Labute approximate surface area is 132 Å². The Hall–Kier alpha value is -1.40. The van der Waals surface area contributed by atoms with Gasteiger partial charge in [-0.25, -0.2) is 4.98 Å². The Kier molecular flexibility index (Phi) is 5.45. The molecule has 2 aliphatic heterocycles. The highest BCUT2D eigenvalue weighted by Crippen LogP contribution is 2.10. The smallest absolute Gasteiger partial charge is 0.236 e. The van der Waals surface area contributed by atoms with Crippen molar-refractivity contribution < 1.29 is 4.79 Å². The standard InChI is InChI=1S/C16H27N5O/c22-16(21-5-2-1-3-6-21)14-19-11-8-18(9-12-19)10-13-20-7-4-17-15-20/h4,7,15H,1-3,5-6,8-14H2. The average molecular weight is 305 g/mol. The predicted molar refractivity (Wildman–Crippen MR) is 85.5 cm³/mol. The highest BCUT2D eigenvalue weighted by atomic mass is 16.2. The minimum Gasteiger partial charge on any atom is -0.342 e. The van der Waals surface area contributed by atoms with Gasteiger partial charge in [0.2, 0.25) is 5.91 Å². The van der Waals surface area contributed by atoms with Crippen LogP contribution in [0.3, 0.4) is 0 Å². The first kappa shape index (κ1) is 15.5. The first-order valence-corrected chi connectivity index (χ1v) is 8.49. The summed E-state index contributed by atoms with van der Waals surface area (Å²) in [4.78, 5) is 23.2. The van der Waals surface area contributed by atoms with Crippen molar-refractivity contribution in [3.05, 3.63) is 18.7 Å². The highest BCUT2D eigenvalue weighted by molar-refractivity contribution is 5.78. The zero-order valence-electron chi connectivity index (χ0n) is 13.4. The quantitative estimate of drug-likeness (QED) is 0.795. The van der Waals surface area contributed by atoms with E-state index in [1.807, 2.05) is 18.7 Å². The largest absolute Gasteiger partial charge is 0.342 e. The number of imidazole rings is 1. The molecule has 0 spiro atoms. The molecule has 3 rings (SSSR count). The minimum absolute atomic E-state index is 0.326. The van der Waals surface area contributed by atoms with Crippen LogP contribution in [0.15, 0.2) is 18.7 Å². The number of amides is 1. The Morgan fingerprint density at radius 2 is 1.64 bits per heavy atom. The van der Waals surface area contributed by atoms with Crippen molar-refractivity contribution in [3.8, 4) is 0 Å². The van der Waals surface area contributed by atoms with Gasteiger partial charge in [-0.05, 0) is 19.3 Å². The SMILES string of the molecule is O=C(CN1CCN(CCn2ccnc2)CC1)N1CCCCC1. The number of hydrogen-bond donors (Lipinski definition) is 0. The first-order valence-electron chi connectivity index (χ1n) is 8.49. The fraction of sp³-hybridized carbons (Fsp3) is 0.750. The van der Waals surface area contributed by atoms with Crippen molar-refractivity contribution in [1.29, 1.82) is 0 Å². The highest BCUT2D eigenvalue weighted by Gasteiger charge is 2.22. The maximum Gasteiger partial charge on any atom is 0.236 e. The summed E-state index contributed by atoms with van der Waals surface area (Å²) in [6, 6.07) is 0. The number of rotatable bonds is 5. The van der Waals surface area contributed by atoms with Gasteiger partial charge < -0.3 is 9.47 Å². The lowest BCUT2D eigenvalue weighted by Gasteiger charge is -2.36. The van der Waals surface area contributed by atoms with Crippen LogP contribution in [0.1, 0.15) is 19.3 Å². The first-order chi connectivity index (χ1) is 10.8. The van der Waals surface area contributed by atoms with Gasteiger partial charge in [0.15, 0.2) is 0 Å². The summed E-state index contributed by atoms with van der Waals surface area (Å²) in [5, 5.41) is 0. The second kappa shape index (κ2) is 7.74. The fourth-order valence-electron chi connectivity index (χ4n) is 3.28. The molecule has 6 nitrogen and oxygen atoms in total. The van der Waals surface area contributed by atoms with Gasteiger partial charge in [0.1, 0.15) is 0 Å². The van der Waals surface area contributed by atoms with Gasteiger partial charge in [-0.2, -0.15) is 0 Å². The number of piperidine rings is 1. The van der Waals surface area contributed by atoms with Gasteiger partial charge in [0, 0.05) is 64.8 Å². The number of aromatic nitrogens is 2. The van der Waals surface area contributed by atoms with E-state index in [1.165, 1.54) is 19.3 Å². The van der Waals surface area contributed by atoms with Gasteiger partial charge >= 0.3 is 0 Å². The van der Waals surface area contributed by atoms with Crippen LogP contribution in [-0.2, 0) is 11.3 Å². The van der Waals surface area contributed by atoms with E-state index in [9.17, 15) is 4.79 Å². The molecular weight excluding hydrogens is 278 g/mol. The van der Waals surface area contributed by atoms with Crippen molar-refractivity contribution in [1.82, 2.24) is 24.3 Å². The van der Waals surface area contributed by atoms with Crippen molar-refractivity contribution in [2.45, 2.75) is 25.8 Å². The third kappa shape index (κ3) is 4.30. The molecule has 1 amide bonds. The molecule has 0 saturated carbocycles. The van der Waals surface area contributed by atoms with Gasteiger partial charge in [-0.3, -0.25) is 14.6 Å². The zero-order chi connectivity index (χ0) is 15.2. The Morgan fingerprint density at radius 1 is 0.909 bits per heavy atom. The molecule has 2 aliphatic rings. The molecular formula is C16H27N5O. The second-order valence-corrected chi connectivity index (χ2v) is 6.36. The molecule has 0 N–H and O–H groups in total. The zero-order valence-corrected chi connectivity index (χ0v) is 13.4. The topological polar surface area (TPSA) is 44.6 Å². The summed E-state index contributed by atoms with van der Waals surface area (Å²) in [6.07, 6.45) is 9.33. The molecule has 2 fully saturated rings. The number of piperazine rings is 1. The van der Waals surface area contributed by atoms with E-state index in [0.29, 0.717) is 12.5 Å². The molecule has 0 atom stereocenters. The molecule has 0 aromatic carbocycles. The van der Waals surface area contributed by atoms with E-state index in [4.69, 9.17) is 0 Å². The third-order valence-corrected chi connectivity index (χ3v) is 4.77. The lowest BCUT2D eigenvalue weighted by Crippen LogP contribution is -2.51. The molecule has 0 unspecified atom stereocenters. The van der Waals surface area contributed by atoms with E-state index in [0.717, 1.165) is 52.4 Å². The van der Waals surface area contributed by atoms with E-state index < -0.39 is 0 Å². The summed E-state index contributed by atoms with van der Waals surface area (Å²) in [5.74, 6) is 0.326. The van der Waals surface area contributed by atoms with Crippen LogP contribution in [0, 0.1) is 0 Å². The molecule has 22 heavy (non-hydrogen) atoms. The van der Waals surface area contributed by atoms with Gasteiger partial charge in [0.05, 0.1) is 12.9 Å². The van der Waals surface area contributed by atoms with Crippen LogP contribution in [0.2, 0.25) is 0 Å². The van der Waals surface area contributed by atoms with E-state index in [-0.39, 0.29) is 0 Å². The van der Waals surface area contributed by atoms with Crippen LogP contribution in [0.25, 0.3) is 0 Å². The van der Waals surface area contributed by atoms with Crippen molar-refractivity contribution in [3.63, 3.8) is 0 Å². The maximum atomic E-state index is 12.3. The number of carbonyl (C=O) groups excluding carboxylic acids is 1. The van der Waals surface area contributed by atoms with Crippen LogP contribution < -0.4 is 0 Å². The molecule has 6 heteroatoms. The molecule has 1 aromatic rings. The maximum absolute atomic E-state index is 12.3. The summed E-state index contributed by atoms with van der Waals surface area (Å²) in [7, 11) is 0. The third-order valence-electron chi connectivity index (χ3n) is 4.77. The van der Waals surface area contributed by atoms with E-state index in [1.54, 1.807) is 0 Å². The van der Waals surface area contributed by atoms with Crippen molar-refractivity contribution >= 4 is 5.91 Å². The van der Waals surface area contributed by atoms with Gasteiger partial charge in [-0.15, -0.1) is 0 Å². The van der Waals surface area contributed by atoms with Gasteiger partial charge in [-0.1, -0.05) is 0 Å².